The van der Waals surface area contributed by atoms with Crippen molar-refractivity contribution in [2.24, 2.45) is 7.05 Å². The van der Waals surface area contributed by atoms with Crippen LogP contribution in [-0.2, 0) is 39.1 Å². The van der Waals surface area contributed by atoms with Gasteiger partial charge in [0.2, 0.25) is 15.9 Å². The van der Waals surface area contributed by atoms with E-state index in [4.69, 9.17) is 0 Å². The molecule has 41 heavy (non-hydrogen) atoms. The summed E-state index contributed by atoms with van der Waals surface area (Å²) in [6, 6.07) is 11.9. The van der Waals surface area contributed by atoms with E-state index in [9.17, 15) is 18.3 Å². The van der Waals surface area contributed by atoms with Crippen LogP contribution in [0.4, 0.5) is 5.69 Å². The molecule has 1 amide bonds. The highest BCUT2D eigenvalue weighted by Crippen LogP contribution is 2.40. The molecule has 11 heteroatoms. The molecule has 224 valence electrons. The molecule has 0 atom stereocenters. The number of nitrogens with zero attached hydrogens (tertiary/aromatic N) is 2. The lowest BCUT2D eigenvalue weighted by Gasteiger charge is -2.28. The van der Waals surface area contributed by atoms with Gasteiger partial charge in [0.25, 0.3) is 0 Å². The van der Waals surface area contributed by atoms with Crippen molar-refractivity contribution in [3.63, 3.8) is 0 Å². The second kappa shape index (κ2) is 14.1. The highest BCUT2D eigenvalue weighted by molar-refractivity contribution is 7.99. The fraction of sp³-hybridized carbons (Fsp3) is 0.433. The maximum atomic E-state index is 12.7. The first-order chi connectivity index (χ1) is 18.6. The van der Waals surface area contributed by atoms with Crippen LogP contribution in [0.5, 0.6) is 5.75 Å². The summed E-state index contributed by atoms with van der Waals surface area (Å²) in [6.07, 6.45) is 4.36. The average Bonchev–Trinajstić information content (AvgIpc) is 2.86. The summed E-state index contributed by atoms with van der Waals surface area (Å²) in [5, 5.41) is 14.6. The molecule has 8 nitrogen and oxygen atoms in total. The summed E-state index contributed by atoms with van der Waals surface area (Å²) in [4.78, 5) is 17.1. The summed E-state index contributed by atoms with van der Waals surface area (Å²) >= 11 is 1.46. The molecule has 0 saturated carbocycles. The van der Waals surface area contributed by atoms with Crippen molar-refractivity contribution in [2.75, 3.05) is 17.6 Å². The number of benzene rings is 2. The molecule has 0 aliphatic heterocycles. The van der Waals surface area contributed by atoms with Crippen LogP contribution in [0, 0.1) is 0 Å². The lowest BCUT2D eigenvalue weighted by molar-refractivity contribution is -0.713. The number of anilines is 1. The number of carbonyl (C=O) groups excluding carboxylic acids is 1. The second-order valence-electron chi connectivity index (χ2n) is 11.9. The van der Waals surface area contributed by atoms with Crippen molar-refractivity contribution in [1.82, 2.24) is 9.71 Å². The summed E-state index contributed by atoms with van der Waals surface area (Å²) in [5.74, 6) is 0.684. The van der Waals surface area contributed by atoms with Crippen LogP contribution in [0.15, 0.2) is 64.9 Å². The normalized spacial score (nSPS) is 12.1. The molecule has 0 aliphatic carbocycles. The highest BCUT2D eigenvalue weighted by Gasteiger charge is 2.26. The Hall–Kier alpha value is -2.47. The summed E-state index contributed by atoms with van der Waals surface area (Å²) in [5.41, 5.74) is 2.77. The van der Waals surface area contributed by atoms with Crippen molar-refractivity contribution in [3.8, 4) is 5.75 Å². The van der Waals surface area contributed by atoms with Crippen LogP contribution in [0.1, 0.15) is 64.7 Å². The molecule has 3 N–H and O–H groups in total. The van der Waals surface area contributed by atoms with Gasteiger partial charge in [-0.1, -0.05) is 53.7 Å². The Kier molecular flexibility index (Phi) is 12.0. The largest absolute Gasteiger partial charge is 1.00 e. The predicted octanol–water partition coefficient (Wildman–Crippen LogP) is 1.85. The highest BCUT2D eigenvalue weighted by atomic mass is 79.9. The Morgan fingerprint density at radius 2 is 1.61 bits per heavy atom. The third-order valence-corrected chi connectivity index (χ3v) is 8.92. The van der Waals surface area contributed by atoms with E-state index in [1.54, 1.807) is 18.3 Å². The molecule has 0 unspecified atom stereocenters. The van der Waals surface area contributed by atoms with Gasteiger partial charge in [-0.3, -0.25) is 4.79 Å². The first-order valence-corrected chi connectivity index (χ1v) is 15.7. The monoisotopic (exact) mass is 664 g/mol. The van der Waals surface area contributed by atoms with E-state index in [1.165, 1.54) is 23.9 Å². The maximum Gasteiger partial charge on any atom is 0.358 e. The molecule has 3 rings (SSSR count). The van der Waals surface area contributed by atoms with Gasteiger partial charge in [-0.2, -0.15) is 0 Å². The van der Waals surface area contributed by atoms with Crippen molar-refractivity contribution in [2.45, 2.75) is 75.3 Å². The van der Waals surface area contributed by atoms with E-state index >= 15 is 0 Å². The first kappa shape index (κ1) is 34.7. The van der Waals surface area contributed by atoms with Crippen molar-refractivity contribution in [3.05, 3.63) is 71.5 Å². The topological polar surface area (TPSA) is 112 Å². The van der Waals surface area contributed by atoms with Crippen LogP contribution < -0.4 is 31.6 Å². The Morgan fingerprint density at radius 1 is 1.02 bits per heavy atom. The number of amides is 1. The molecule has 2 aromatic carbocycles. The van der Waals surface area contributed by atoms with Crippen molar-refractivity contribution in [1.29, 1.82) is 0 Å². The minimum Gasteiger partial charge on any atom is -1.00 e. The van der Waals surface area contributed by atoms with Crippen molar-refractivity contribution >= 4 is 33.4 Å². The predicted molar refractivity (Wildman–Crippen MR) is 160 cm³/mol. The third kappa shape index (κ3) is 9.80. The van der Waals surface area contributed by atoms with E-state index < -0.39 is 10.0 Å². The third-order valence-electron chi connectivity index (χ3n) is 6.38. The number of hydrogen-bond donors (Lipinski definition) is 3. The van der Waals surface area contributed by atoms with Gasteiger partial charge in [0.15, 0.2) is 0 Å². The van der Waals surface area contributed by atoms with Crippen LogP contribution in [0.25, 0.3) is 0 Å². The number of halogens is 1. The summed E-state index contributed by atoms with van der Waals surface area (Å²) < 4.78 is 29.8. The number of hydrogen-bond acceptors (Lipinski definition) is 6. The average molecular weight is 666 g/mol. The Bertz CT molecular complexity index is 1410. The summed E-state index contributed by atoms with van der Waals surface area (Å²) in [7, 11) is -1.79. The van der Waals surface area contributed by atoms with Gasteiger partial charge in [0, 0.05) is 30.5 Å². The van der Waals surface area contributed by atoms with Gasteiger partial charge in [0.1, 0.15) is 11.9 Å². The lowest BCUT2D eigenvalue weighted by Crippen LogP contribution is -3.00. The van der Waals surface area contributed by atoms with E-state index in [2.05, 4.69) is 56.6 Å². The minimum absolute atomic E-state index is 0. The number of rotatable bonds is 10. The number of nitrogens with one attached hydrogen (secondary N) is 2. The van der Waals surface area contributed by atoms with Gasteiger partial charge in [-0.05, 0) is 75.0 Å². The molecule has 1 aromatic heterocycles. The molecule has 0 spiro atoms. The first-order valence-electron chi connectivity index (χ1n) is 13.3. The number of thioether (sulfide) groups is 1. The molecular weight excluding hydrogens is 624 g/mol. The quantitative estimate of drug-likeness (QED) is 0.132. The van der Waals surface area contributed by atoms with Gasteiger partial charge in [-0.25, -0.2) is 17.7 Å². The van der Waals surface area contributed by atoms with Gasteiger partial charge in [-0.15, -0.1) is 0 Å². The molecular formula is C30H41BrN4O4S2. The van der Waals surface area contributed by atoms with Gasteiger partial charge < -0.3 is 27.4 Å². The smallest absolute Gasteiger partial charge is 0.358 e. The number of phenolic OH excluding ortho intramolecular Hbond substituents is 1. The van der Waals surface area contributed by atoms with E-state index in [0.29, 0.717) is 23.6 Å². The van der Waals surface area contributed by atoms with Gasteiger partial charge in [0.05, 0.1) is 18.1 Å². The zero-order chi connectivity index (χ0) is 29.7. The standard InChI is InChI=1S/C30H40N4O4S2.BrH/c1-29(2,3)24-19-21(20-25(27(24)36)30(4,5)6)9-14-26(35)33-22-10-12-23(13-11-22)40(37,38)32-16-18-39-28-31-15-8-17-34(28)7;/h8,10-13,15,17,19-20,32H,9,14,16,18H2,1-7H3,(H-,33,35,36);1H. The molecule has 1 heterocycles. The number of aryl methyl sites for hydroxylation is 2. The number of phenols is 1. The van der Waals surface area contributed by atoms with Gasteiger partial charge >= 0.3 is 5.16 Å². The zero-order valence-corrected chi connectivity index (χ0v) is 28.0. The Labute approximate surface area is 259 Å². The second-order valence-corrected chi connectivity index (χ2v) is 14.7. The minimum atomic E-state index is -3.68. The summed E-state index contributed by atoms with van der Waals surface area (Å²) in [6.45, 7) is 12.6. The molecule has 0 saturated heterocycles. The molecule has 0 aliphatic rings. The molecule has 0 bridgehead atoms. The van der Waals surface area contributed by atoms with Crippen LogP contribution in [0.2, 0.25) is 0 Å². The fourth-order valence-corrected chi connectivity index (χ4v) is 6.10. The molecule has 0 fully saturated rings. The number of aromatic nitrogens is 2. The van der Waals surface area contributed by atoms with Crippen LogP contribution in [-0.4, -0.2) is 36.7 Å². The van der Waals surface area contributed by atoms with E-state index in [1.807, 2.05) is 36.0 Å². The van der Waals surface area contributed by atoms with E-state index in [0.717, 1.165) is 21.8 Å². The fourth-order valence-electron chi connectivity index (χ4n) is 4.15. The Morgan fingerprint density at radius 3 is 2.15 bits per heavy atom. The number of aromatic hydroxyl groups is 1. The molecule has 0 radical (unpaired) electrons. The van der Waals surface area contributed by atoms with Crippen LogP contribution in [0.3, 0.4) is 0 Å². The number of sulfonamides is 1. The Balaban J connectivity index is 0.00000588. The molecule has 3 aromatic rings. The SMILES string of the molecule is C[n+]1cccnc1SCCNS(=O)(=O)c1ccc(NC(=O)CCc2cc(C(C)(C)C)c(O)c(C(C)(C)C)c2)cc1.[Br-]. The van der Waals surface area contributed by atoms with Crippen LogP contribution >= 0.6 is 11.8 Å². The number of carbonyl (C=O) groups is 1. The zero-order valence-electron chi connectivity index (χ0n) is 24.8. The lowest BCUT2D eigenvalue weighted by atomic mass is 9.78. The maximum absolute atomic E-state index is 12.7. The van der Waals surface area contributed by atoms with Crippen molar-refractivity contribution < 1.29 is 39.9 Å². The van der Waals surface area contributed by atoms with E-state index in [-0.39, 0.29) is 51.6 Å².